The largest absolute Gasteiger partial charge is 0.464 e. The molecular weight excluding hydrogens is 687 g/mol. The van der Waals surface area contributed by atoms with Crippen LogP contribution in [0.5, 0.6) is 0 Å². The Morgan fingerprint density at radius 3 is 2.18 bits per heavy atom. The second kappa shape index (κ2) is 8.38. The number of alkyl halides is 1. The minimum Gasteiger partial charge on any atom is -0.464 e. The molecule has 11 saturated carbocycles. The number of ketones is 2. The number of hydrogen-bond acceptors (Lipinski definition) is 8. The summed E-state index contributed by atoms with van der Waals surface area (Å²) in [6.45, 7) is 0.854. The summed E-state index contributed by atoms with van der Waals surface area (Å²) in [7, 11) is 0. The van der Waals surface area contributed by atoms with Crippen LogP contribution in [0.2, 0.25) is 0 Å². The molecule has 13 unspecified atom stereocenters. The van der Waals surface area contributed by atoms with E-state index in [1.165, 1.54) is 19.3 Å². The highest BCUT2D eigenvalue weighted by Gasteiger charge is 2.88. The van der Waals surface area contributed by atoms with Gasteiger partial charge in [0.25, 0.3) is 0 Å². The molecule has 12 aliphatic rings. The lowest BCUT2D eigenvalue weighted by molar-refractivity contribution is -0.466. The highest BCUT2D eigenvalue weighted by atomic mass is 127. The highest BCUT2D eigenvalue weighted by molar-refractivity contribution is 14.1. The molecule has 1 heterocycles. The number of fused-ring (bicyclic) bond motifs is 6. The lowest BCUT2D eigenvalue weighted by Crippen LogP contribution is -2.79. The summed E-state index contributed by atoms with van der Waals surface area (Å²) in [5, 5.41) is 0. The van der Waals surface area contributed by atoms with E-state index in [0.717, 1.165) is 50.9 Å². The van der Waals surface area contributed by atoms with Crippen molar-refractivity contribution in [2.45, 2.75) is 92.7 Å². The molecule has 45 heavy (non-hydrogen) atoms. The molecule has 1 saturated heterocycles. The first-order valence-corrected chi connectivity index (χ1v) is 19.0. The molecule has 12 fully saturated rings. The van der Waals surface area contributed by atoms with Crippen molar-refractivity contribution in [2.24, 2.45) is 74.9 Å². The van der Waals surface area contributed by atoms with Crippen molar-refractivity contribution < 1.29 is 38.1 Å². The van der Waals surface area contributed by atoms with E-state index in [2.05, 4.69) is 22.6 Å². The molecule has 0 N–H and O–H groups in total. The zero-order chi connectivity index (χ0) is 30.4. The third-order valence-electron chi connectivity index (χ3n) is 16.2. The number of carbonyl (C=O) groups is 4. The molecule has 0 aromatic carbocycles. The predicted octanol–water partition coefficient (Wildman–Crippen LogP) is 4.83. The van der Waals surface area contributed by atoms with Gasteiger partial charge in [-0.05, 0) is 107 Å². The van der Waals surface area contributed by atoms with E-state index in [4.69, 9.17) is 18.9 Å². The van der Waals surface area contributed by atoms with Gasteiger partial charge in [-0.1, -0.05) is 22.6 Å². The van der Waals surface area contributed by atoms with Crippen LogP contribution in [0.1, 0.15) is 83.5 Å². The van der Waals surface area contributed by atoms with Crippen LogP contribution < -0.4 is 0 Å². The van der Waals surface area contributed by atoms with E-state index in [-0.39, 0.29) is 48.8 Å². The molecule has 2 spiro atoms. The van der Waals surface area contributed by atoms with E-state index in [1.54, 1.807) is 0 Å². The number of halogens is 1. The van der Waals surface area contributed by atoms with Gasteiger partial charge in [0.05, 0.1) is 29.5 Å². The zero-order valence-electron chi connectivity index (χ0n) is 25.9. The fraction of sp³-hybridized carbons (Fsp3) is 0.889. The lowest BCUT2D eigenvalue weighted by atomic mass is 9.35. The van der Waals surface area contributed by atoms with Crippen LogP contribution in [0.15, 0.2) is 0 Å². The van der Waals surface area contributed by atoms with Gasteiger partial charge in [0.15, 0.2) is 5.79 Å². The van der Waals surface area contributed by atoms with Crippen molar-refractivity contribution in [3.05, 3.63) is 0 Å². The Morgan fingerprint density at radius 1 is 0.756 bits per heavy atom. The average Bonchev–Trinajstić information content (AvgIpc) is 3.23. The number of carbonyl (C=O) groups excluding carboxylic acids is 4. The number of esters is 2. The van der Waals surface area contributed by atoms with Crippen LogP contribution in [0, 0.1) is 74.9 Å². The van der Waals surface area contributed by atoms with Crippen LogP contribution in [0.4, 0.5) is 0 Å². The van der Waals surface area contributed by atoms with Gasteiger partial charge < -0.3 is 18.9 Å². The fourth-order valence-electron chi connectivity index (χ4n) is 14.2. The van der Waals surface area contributed by atoms with Gasteiger partial charge in [-0.25, -0.2) is 0 Å². The first kappa shape index (κ1) is 27.8. The first-order chi connectivity index (χ1) is 21.5. The maximum absolute atomic E-state index is 13.9. The summed E-state index contributed by atoms with van der Waals surface area (Å²) in [5.41, 5.74) is -1.50. The minimum absolute atomic E-state index is 0.00516. The zero-order valence-corrected chi connectivity index (χ0v) is 28.0. The van der Waals surface area contributed by atoms with E-state index < -0.39 is 22.0 Å². The molecule has 1 aliphatic heterocycles. The second-order valence-electron chi connectivity index (χ2n) is 18.4. The first-order valence-electron chi connectivity index (χ1n) is 17.9. The van der Waals surface area contributed by atoms with E-state index in [0.29, 0.717) is 76.6 Å². The van der Waals surface area contributed by atoms with E-state index in [9.17, 15) is 19.2 Å². The number of rotatable bonds is 6. The Labute approximate surface area is 277 Å². The van der Waals surface area contributed by atoms with Crippen molar-refractivity contribution in [3.63, 3.8) is 0 Å². The summed E-state index contributed by atoms with van der Waals surface area (Å²) in [4.78, 5) is 53.2. The molecule has 11 aliphatic carbocycles. The maximum Gasteiger partial charge on any atom is 0.312 e. The van der Waals surface area contributed by atoms with Gasteiger partial charge in [-0.3, -0.25) is 19.2 Å². The summed E-state index contributed by atoms with van der Waals surface area (Å²) in [5.74, 6) is 2.31. The Balaban J connectivity index is 0.830. The van der Waals surface area contributed by atoms with Gasteiger partial charge in [0.1, 0.15) is 24.8 Å². The van der Waals surface area contributed by atoms with Crippen LogP contribution in [-0.4, -0.2) is 59.1 Å². The van der Waals surface area contributed by atoms with Gasteiger partial charge in [0, 0.05) is 38.9 Å². The lowest BCUT2D eigenvalue weighted by Gasteiger charge is -2.76. The number of hydrogen-bond donors (Lipinski definition) is 0. The third kappa shape index (κ3) is 3.29. The van der Waals surface area contributed by atoms with Crippen molar-refractivity contribution in [1.29, 1.82) is 0 Å². The molecule has 0 radical (unpaired) electrons. The van der Waals surface area contributed by atoms with E-state index in [1.807, 2.05) is 0 Å². The van der Waals surface area contributed by atoms with E-state index >= 15 is 0 Å². The predicted molar refractivity (Wildman–Crippen MR) is 164 cm³/mol. The Hall–Kier alpha value is -1.07. The third-order valence-corrected chi connectivity index (χ3v) is 17.5. The summed E-state index contributed by atoms with van der Waals surface area (Å²) >= 11 is 2.71. The summed E-state index contributed by atoms with van der Waals surface area (Å²) in [6, 6.07) is 0. The highest BCUT2D eigenvalue weighted by Crippen LogP contribution is 2.87. The second-order valence-corrected chi connectivity index (χ2v) is 20.6. The molecule has 8 nitrogen and oxygen atoms in total. The monoisotopic (exact) mass is 730 g/mol. The van der Waals surface area contributed by atoms with Crippen molar-refractivity contribution in [3.8, 4) is 0 Å². The average molecular weight is 731 g/mol. The fourth-order valence-corrected chi connectivity index (χ4v) is 15.8. The Kier molecular flexibility index (Phi) is 5.18. The van der Waals surface area contributed by atoms with Crippen LogP contribution in [-0.2, 0) is 38.1 Å². The van der Waals surface area contributed by atoms with Gasteiger partial charge in [-0.2, -0.15) is 0 Å². The smallest absolute Gasteiger partial charge is 0.312 e. The Morgan fingerprint density at radius 2 is 1.44 bits per heavy atom. The normalized spacial score (nSPS) is 59.8. The molecular formula is C36H43IO8. The quantitative estimate of drug-likeness (QED) is 0.218. The van der Waals surface area contributed by atoms with Gasteiger partial charge in [-0.15, -0.1) is 0 Å². The molecule has 13 atom stereocenters. The molecule has 8 bridgehead atoms. The van der Waals surface area contributed by atoms with Crippen molar-refractivity contribution in [1.82, 2.24) is 0 Å². The number of ether oxygens (including phenoxy) is 4. The van der Waals surface area contributed by atoms with Crippen LogP contribution >= 0.6 is 22.6 Å². The molecule has 0 amide bonds. The molecule has 9 heteroatoms. The number of Topliss-reactive ketones (excluding diaryl/α,β-unsaturated/α-hetero) is 2. The minimum atomic E-state index is -0.776. The topological polar surface area (TPSA) is 105 Å². The SMILES string of the molecule is O=C1C2CCC(C(=O)OCC3(COC(=O)C45CC6CC(C4)C(C5)C6=O)COC4(OC3)C3CC5CC6(I)CC4C53C6)(C2)CC2CC12. The molecule has 12 rings (SSSR count). The summed E-state index contributed by atoms with van der Waals surface area (Å²) < 4.78 is 26.5. The van der Waals surface area contributed by atoms with Crippen molar-refractivity contribution in [2.75, 3.05) is 26.4 Å². The standard InChI is InChI=1S/C36H43IO8/c37-34-10-22-5-25-35(22,13-34)26(12-34)36(25)44-16-31(17-45-36,15-43-30(41)33-8-19-3-21(9-33)28(39)24(19)11-33)14-42-29(40)32-2-1-18(6-32)27(38)23-4-20(23)7-32/h18-26H,1-17H2. The van der Waals surface area contributed by atoms with Crippen LogP contribution in [0.25, 0.3) is 0 Å². The van der Waals surface area contributed by atoms with Crippen LogP contribution in [0.3, 0.4) is 0 Å². The molecule has 0 aromatic heterocycles. The summed E-state index contributed by atoms with van der Waals surface area (Å²) in [6.07, 6.45) is 11.7. The van der Waals surface area contributed by atoms with Gasteiger partial charge in [0.2, 0.25) is 0 Å². The maximum atomic E-state index is 13.9. The Bertz CT molecular complexity index is 1460. The molecule has 242 valence electrons. The molecule has 0 aromatic rings. The van der Waals surface area contributed by atoms with Crippen molar-refractivity contribution >= 4 is 46.1 Å². The van der Waals surface area contributed by atoms with Gasteiger partial charge >= 0.3 is 11.9 Å².